The maximum absolute atomic E-state index is 14.0. The van der Waals surface area contributed by atoms with E-state index in [0.717, 1.165) is 28.8 Å². The first-order chi connectivity index (χ1) is 18.7. The number of nitrogens with zero attached hydrogens (tertiary/aromatic N) is 1. The summed E-state index contributed by atoms with van der Waals surface area (Å²) in [7, 11) is 0. The van der Waals surface area contributed by atoms with Gasteiger partial charge in [0, 0.05) is 31.7 Å². The molecular weight excluding hydrogens is 611 g/mol. The summed E-state index contributed by atoms with van der Waals surface area (Å²) in [6.45, 7) is 5.75. The molecule has 8 nitrogen and oxygen atoms in total. The fourth-order valence-electron chi connectivity index (χ4n) is 7.25. The van der Waals surface area contributed by atoms with Crippen molar-refractivity contribution in [2.45, 2.75) is 76.7 Å². The van der Waals surface area contributed by atoms with Crippen LogP contribution in [0.2, 0.25) is 0 Å². The average molecular weight is 653 g/mol. The fraction of sp³-hybridized carbons (Fsp3) is 0.667. The lowest BCUT2D eigenvalue weighted by Crippen LogP contribution is -2.60. The van der Waals surface area contributed by atoms with E-state index >= 15 is 0 Å². The van der Waals surface area contributed by atoms with Gasteiger partial charge in [0.15, 0.2) is 0 Å². The van der Waals surface area contributed by atoms with Crippen LogP contribution >= 0.6 is 22.6 Å². The summed E-state index contributed by atoms with van der Waals surface area (Å²) in [5.41, 5.74) is 0.713. The maximum Gasteiger partial charge on any atom is 0.252 e. The van der Waals surface area contributed by atoms with Crippen molar-refractivity contribution in [3.8, 4) is 5.75 Å². The van der Waals surface area contributed by atoms with Gasteiger partial charge in [-0.2, -0.15) is 0 Å². The number of benzene rings is 1. The molecule has 0 spiro atoms. The normalized spacial score (nSPS) is 33.1. The topological polar surface area (TPSA) is 108 Å². The molecule has 1 aromatic rings. The summed E-state index contributed by atoms with van der Waals surface area (Å²) >= 11 is 2.19. The minimum absolute atomic E-state index is 0.0964. The quantitative estimate of drug-likeness (QED) is 0.354. The average Bonchev–Trinajstić information content (AvgIpc) is 3.47. The minimum atomic E-state index is -1.02. The number of carbonyl (C=O) groups is 2. The van der Waals surface area contributed by atoms with Crippen LogP contribution in [0.15, 0.2) is 35.9 Å². The predicted molar refractivity (Wildman–Crippen MR) is 155 cm³/mol. The van der Waals surface area contributed by atoms with Crippen molar-refractivity contribution in [3.05, 3.63) is 39.5 Å². The van der Waals surface area contributed by atoms with Crippen LogP contribution in [-0.2, 0) is 14.3 Å². The summed E-state index contributed by atoms with van der Waals surface area (Å²) in [5, 5.41) is 23.7. The van der Waals surface area contributed by atoms with Crippen LogP contribution in [0.25, 0.3) is 0 Å². The summed E-state index contributed by atoms with van der Waals surface area (Å²) < 4.78 is 13.0. The Balaban J connectivity index is 1.45. The molecule has 3 N–H and O–H groups in total. The zero-order chi connectivity index (χ0) is 27.7. The van der Waals surface area contributed by atoms with Crippen molar-refractivity contribution < 1.29 is 29.3 Å². The molecular formula is C30H41IN2O6. The highest BCUT2D eigenvalue weighted by Gasteiger charge is 2.55. The van der Waals surface area contributed by atoms with Crippen molar-refractivity contribution in [2.24, 2.45) is 23.2 Å². The number of halogens is 1. The van der Waals surface area contributed by atoms with Crippen molar-refractivity contribution in [2.75, 3.05) is 26.3 Å². The molecule has 4 fully saturated rings. The second-order valence-electron chi connectivity index (χ2n) is 12.1. The number of nitrogens with one attached hydrogen (secondary N) is 1. The molecule has 1 unspecified atom stereocenters. The van der Waals surface area contributed by atoms with Gasteiger partial charge in [0.05, 0.1) is 16.2 Å². The Morgan fingerprint density at radius 3 is 2.69 bits per heavy atom. The maximum atomic E-state index is 14.0. The van der Waals surface area contributed by atoms with Gasteiger partial charge < -0.3 is 29.9 Å². The van der Waals surface area contributed by atoms with E-state index < -0.39 is 24.4 Å². The van der Waals surface area contributed by atoms with Gasteiger partial charge in [-0.3, -0.25) is 9.59 Å². The predicted octanol–water partition coefficient (Wildman–Crippen LogP) is 3.29. The third kappa shape index (κ3) is 5.87. The molecule has 2 amide bonds. The largest absolute Gasteiger partial charge is 0.482 e. The number of aliphatic hydroxyl groups is 2. The van der Waals surface area contributed by atoms with E-state index in [4.69, 9.17) is 9.47 Å². The molecule has 3 saturated carbocycles. The van der Waals surface area contributed by atoms with Crippen LogP contribution in [0, 0.1) is 26.7 Å². The van der Waals surface area contributed by atoms with Crippen molar-refractivity contribution >= 4 is 34.4 Å². The molecule has 39 heavy (non-hydrogen) atoms. The van der Waals surface area contributed by atoms with E-state index in [1.165, 1.54) is 6.42 Å². The highest BCUT2D eigenvalue weighted by molar-refractivity contribution is 14.1. The van der Waals surface area contributed by atoms with Gasteiger partial charge in [-0.15, -0.1) is 0 Å². The molecule has 0 radical (unpaired) electrons. The van der Waals surface area contributed by atoms with E-state index in [9.17, 15) is 19.8 Å². The van der Waals surface area contributed by atoms with E-state index in [1.54, 1.807) is 6.08 Å². The number of hydrogen-bond acceptors (Lipinski definition) is 6. The smallest absolute Gasteiger partial charge is 0.252 e. The highest BCUT2D eigenvalue weighted by atomic mass is 127. The lowest BCUT2D eigenvalue weighted by Gasteiger charge is -2.61. The lowest BCUT2D eigenvalue weighted by atomic mass is 9.45. The Morgan fingerprint density at radius 1 is 1.23 bits per heavy atom. The van der Waals surface area contributed by atoms with Crippen molar-refractivity contribution in [1.29, 1.82) is 0 Å². The Kier molecular flexibility index (Phi) is 8.90. The second-order valence-corrected chi connectivity index (χ2v) is 13.3. The Labute approximate surface area is 244 Å². The van der Waals surface area contributed by atoms with Gasteiger partial charge in [0.25, 0.3) is 5.91 Å². The van der Waals surface area contributed by atoms with Crippen LogP contribution in [-0.4, -0.2) is 77.6 Å². The summed E-state index contributed by atoms with van der Waals surface area (Å²) in [4.78, 5) is 28.9. The lowest BCUT2D eigenvalue weighted by molar-refractivity contribution is -0.156. The molecule has 1 heterocycles. The summed E-state index contributed by atoms with van der Waals surface area (Å²) in [5.74, 6) is 1.83. The molecule has 1 aromatic carbocycles. The minimum Gasteiger partial charge on any atom is -0.482 e. The number of ether oxygens (including phenoxy) is 2. The number of hydrogen-bond donors (Lipinski definition) is 3. The molecule has 0 aromatic heterocycles. The Hall–Kier alpha value is -1.69. The zero-order valence-corrected chi connectivity index (χ0v) is 25.0. The first-order valence-electron chi connectivity index (χ1n) is 14.3. The molecule has 6 rings (SSSR count). The summed E-state index contributed by atoms with van der Waals surface area (Å²) in [6.07, 6.45) is 4.46. The number of amides is 2. The van der Waals surface area contributed by atoms with Crippen LogP contribution in [0.1, 0.15) is 52.4 Å². The van der Waals surface area contributed by atoms with Gasteiger partial charge in [-0.25, -0.2) is 0 Å². The first kappa shape index (κ1) is 28.8. The molecule has 1 aliphatic heterocycles. The van der Waals surface area contributed by atoms with Crippen LogP contribution < -0.4 is 10.1 Å². The number of rotatable bonds is 9. The number of carbonyl (C=O) groups excluding carboxylic acids is 2. The Bertz CT molecular complexity index is 1080. The SMILES string of the molecule is CC1(C)[C@H]2CC[C@@H](CN(C(=O)C3CCCO3)[C@@H]3CC(C(=O)NCCO)=C[C@H](Oc4ccccc4I)[C@H]3O)[C@@H]1C2. The van der Waals surface area contributed by atoms with E-state index in [-0.39, 0.29) is 36.8 Å². The standard InChI is InChI=1S/C30H41IN2O6/c1-30(2)20-10-9-18(21(30)16-20)17-33(29(37)25-8-5-13-38-25)23-14-19(28(36)32-11-12-34)15-26(27(23)35)39-24-7-4-3-6-22(24)31/h3-4,6-7,15,18,20-21,23,25-27,34-35H,5,8-14,16-17H2,1-2H3,(H,32,36)/t18-,20-,21-,23+,25?,26-,27-/m0/s1. The third-order valence-corrected chi connectivity index (χ3v) is 10.5. The highest BCUT2D eigenvalue weighted by Crippen LogP contribution is 2.61. The van der Waals surface area contributed by atoms with Gasteiger partial charge in [-0.05, 0) is 96.1 Å². The zero-order valence-electron chi connectivity index (χ0n) is 22.9. The molecule has 2 bridgehead atoms. The Morgan fingerprint density at radius 2 is 2.03 bits per heavy atom. The van der Waals surface area contributed by atoms with E-state index in [0.29, 0.717) is 42.7 Å². The molecule has 7 atom stereocenters. The van der Waals surface area contributed by atoms with E-state index in [1.807, 2.05) is 29.2 Å². The molecule has 1 saturated heterocycles. The van der Waals surface area contributed by atoms with Gasteiger partial charge in [-0.1, -0.05) is 26.0 Å². The van der Waals surface area contributed by atoms with Crippen molar-refractivity contribution in [3.63, 3.8) is 0 Å². The second kappa shape index (κ2) is 12.0. The fourth-order valence-corrected chi connectivity index (χ4v) is 7.76. The number of fused-ring (bicyclic) bond motifs is 2. The summed E-state index contributed by atoms with van der Waals surface area (Å²) in [6, 6.07) is 6.91. The van der Waals surface area contributed by atoms with Crippen LogP contribution in [0.3, 0.4) is 0 Å². The van der Waals surface area contributed by atoms with Gasteiger partial charge >= 0.3 is 0 Å². The monoisotopic (exact) mass is 652 g/mol. The van der Waals surface area contributed by atoms with Gasteiger partial charge in [0.1, 0.15) is 24.1 Å². The van der Waals surface area contributed by atoms with Crippen LogP contribution in [0.5, 0.6) is 5.75 Å². The molecule has 9 heteroatoms. The first-order valence-corrected chi connectivity index (χ1v) is 15.4. The third-order valence-electron chi connectivity index (χ3n) is 9.64. The van der Waals surface area contributed by atoms with Crippen molar-refractivity contribution in [1.82, 2.24) is 10.2 Å². The molecule has 5 aliphatic rings. The molecule has 4 aliphatic carbocycles. The van der Waals surface area contributed by atoms with Crippen LogP contribution in [0.4, 0.5) is 0 Å². The number of para-hydroxylation sites is 1. The van der Waals surface area contributed by atoms with Gasteiger partial charge in [0.2, 0.25) is 5.91 Å². The van der Waals surface area contributed by atoms with E-state index in [2.05, 4.69) is 41.8 Å². The molecule has 214 valence electrons. The number of aliphatic hydroxyl groups excluding tert-OH is 2.